The Morgan fingerprint density at radius 2 is 1.79 bits per heavy atom. The lowest BCUT2D eigenvalue weighted by molar-refractivity contribution is -0.386. The summed E-state index contributed by atoms with van der Waals surface area (Å²) in [6.45, 7) is 1.68. The molecular weight excluding hydrogens is 246 g/mol. The van der Waals surface area contributed by atoms with Crippen molar-refractivity contribution in [3.05, 3.63) is 58.1 Å². The monoisotopic (exact) mass is 259 g/mol. The maximum absolute atomic E-state index is 11.1. The highest BCUT2D eigenvalue weighted by atomic mass is 16.6. The molecule has 0 aliphatic heterocycles. The van der Waals surface area contributed by atoms with Crippen LogP contribution in [-0.4, -0.2) is 12.0 Å². The van der Waals surface area contributed by atoms with E-state index in [9.17, 15) is 10.1 Å². The van der Waals surface area contributed by atoms with Crippen molar-refractivity contribution < 1.29 is 14.4 Å². The van der Waals surface area contributed by atoms with Crippen LogP contribution < -0.4 is 9.47 Å². The second-order valence-electron chi connectivity index (χ2n) is 3.96. The molecule has 0 saturated carbocycles. The third kappa shape index (κ3) is 2.82. The molecule has 0 atom stereocenters. The van der Waals surface area contributed by atoms with Crippen LogP contribution in [0, 0.1) is 17.0 Å². The molecule has 98 valence electrons. The van der Waals surface area contributed by atoms with Gasteiger partial charge in [-0.2, -0.15) is 0 Å². The number of hydrogen-bond acceptors (Lipinski definition) is 4. The topological polar surface area (TPSA) is 61.6 Å². The number of benzene rings is 2. The van der Waals surface area contributed by atoms with Gasteiger partial charge in [0.25, 0.3) is 0 Å². The van der Waals surface area contributed by atoms with Gasteiger partial charge in [0.05, 0.1) is 12.0 Å². The van der Waals surface area contributed by atoms with E-state index in [-0.39, 0.29) is 11.4 Å². The van der Waals surface area contributed by atoms with Crippen LogP contribution >= 0.6 is 0 Å². The minimum Gasteiger partial charge on any atom is -0.497 e. The van der Waals surface area contributed by atoms with Gasteiger partial charge >= 0.3 is 5.69 Å². The van der Waals surface area contributed by atoms with E-state index in [0.717, 1.165) is 0 Å². The normalized spacial score (nSPS) is 10.0. The zero-order valence-corrected chi connectivity index (χ0v) is 10.6. The second kappa shape index (κ2) is 5.39. The van der Waals surface area contributed by atoms with Gasteiger partial charge in [-0.1, -0.05) is 18.2 Å². The molecule has 0 fully saturated rings. The lowest BCUT2D eigenvalue weighted by Crippen LogP contribution is -1.96. The molecule has 2 rings (SSSR count). The standard InChI is InChI=1S/C14H13NO4/c1-10-5-3-8-13(14(10)15(16)17)19-12-7-4-6-11(9-12)18-2/h3-9H,1-2H3. The Morgan fingerprint density at radius 3 is 2.47 bits per heavy atom. The summed E-state index contributed by atoms with van der Waals surface area (Å²) in [6, 6.07) is 11.9. The van der Waals surface area contributed by atoms with Crippen LogP contribution in [0.25, 0.3) is 0 Å². The number of nitro benzene ring substituents is 1. The molecule has 0 aliphatic carbocycles. The third-order valence-electron chi connectivity index (χ3n) is 2.65. The molecule has 0 heterocycles. The Morgan fingerprint density at radius 1 is 1.11 bits per heavy atom. The van der Waals surface area contributed by atoms with Crippen molar-refractivity contribution in [2.75, 3.05) is 7.11 Å². The van der Waals surface area contributed by atoms with Gasteiger partial charge in [-0.05, 0) is 25.1 Å². The maximum Gasteiger partial charge on any atom is 0.314 e. The molecule has 19 heavy (non-hydrogen) atoms. The number of methoxy groups -OCH3 is 1. The van der Waals surface area contributed by atoms with Gasteiger partial charge in [0.15, 0.2) is 0 Å². The molecule has 0 unspecified atom stereocenters. The number of hydrogen-bond donors (Lipinski definition) is 0. The summed E-state index contributed by atoms with van der Waals surface area (Å²) in [5.74, 6) is 1.35. The highest BCUT2D eigenvalue weighted by molar-refractivity contribution is 5.53. The molecule has 0 radical (unpaired) electrons. The molecule has 5 heteroatoms. The molecule has 2 aromatic rings. The molecule has 2 aromatic carbocycles. The molecule has 0 bridgehead atoms. The van der Waals surface area contributed by atoms with E-state index in [1.807, 2.05) is 0 Å². The van der Waals surface area contributed by atoms with Gasteiger partial charge in [0.2, 0.25) is 5.75 Å². The van der Waals surface area contributed by atoms with Gasteiger partial charge in [-0.25, -0.2) is 0 Å². The molecule has 5 nitrogen and oxygen atoms in total. The molecule has 0 amide bonds. The summed E-state index contributed by atoms with van der Waals surface area (Å²) in [5.41, 5.74) is 0.538. The van der Waals surface area contributed by atoms with Gasteiger partial charge in [-0.15, -0.1) is 0 Å². The maximum atomic E-state index is 11.1. The average Bonchev–Trinajstić information content (AvgIpc) is 2.38. The molecule has 0 saturated heterocycles. The Kier molecular flexibility index (Phi) is 3.66. The van der Waals surface area contributed by atoms with Gasteiger partial charge in [0.1, 0.15) is 11.5 Å². The molecule has 0 spiro atoms. The summed E-state index contributed by atoms with van der Waals surface area (Å²) in [5, 5.41) is 11.1. The zero-order valence-electron chi connectivity index (χ0n) is 10.6. The van der Waals surface area contributed by atoms with E-state index < -0.39 is 4.92 Å². The quantitative estimate of drug-likeness (QED) is 0.620. The smallest absolute Gasteiger partial charge is 0.314 e. The Labute approximate surface area is 110 Å². The number of ether oxygens (including phenoxy) is 2. The van der Waals surface area contributed by atoms with Crippen molar-refractivity contribution in [1.82, 2.24) is 0 Å². The van der Waals surface area contributed by atoms with Crippen LogP contribution in [-0.2, 0) is 0 Å². The Bertz CT molecular complexity index is 610. The molecular formula is C14H13NO4. The lowest BCUT2D eigenvalue weighted by atomic mass is 10.2. The molecule has 0 N–H and O–H groups in total. The lowest BCUT2D eigenvalue weighted by Gasteiger charge is -2.08. The summed E-state index contributed by atoms with van der Waals surface area (Å²) in [6.07, 6.45) is 0. The number of para-hydroxylation sites is 1. The van der Waals surface area contributed by atoms with Crippen LogP contribution in [0.3, 0.4) is 0 Å². The van der Waals surface area contributed by atoms with E-state index >= 15 is 0 Å². The minimum absolute atomic E-state index is 0.0229. The van der Waals surface area contributed by atoms with Crippen LogP contribution in [0.4, 0.5) is 5.69 Å². The Hall–Kier alpha value is -2.56. The van der Waals surface area contributed by atoms with E-state index in [4.69, 9.17) is 9.47 Å². The average molecular weight is 259 g/mol. The minimum atomic E-state index is -0.440. The fourth-order valence-corrected chi connectivity index (χ4v) is 1.74. The van der Waals surface area contributed by atoms with Crippen molar-refractivity contribution in [3.8, 4) is 17.2 Å². The second-order valence-corrected chi connectivity index (χ2v) is 3.96. The van der Waals surface area contributed by atoms with Gasteiger partial charge < -0.3 is 9.47 Å². The number of nitro groups is 1. The number of aryl methyl sites for hydroxylation is 1. The Balaban J connectivity index is 2.38. The first-order valence-electron chi connectivity index (χ1n) is 5.67. The summed E-state index contributed by atoms with van der Waals surface area (Å²) in [4.78, 5) is 10.6. The highest BCUT2D eigenvalue weighted by Crippen LogP contribution is 2.34. The van der Waals surface area contributed by atoms with Crippen molar-refractivity contribution in [2.45, 2.75) is 6.92 Å². The predicted octanol–water partition coefficient (Wildman–Crippen LogP) is 3.70. The third-order valence-corrected chi connectivity index (χ3v) is 2.65. The first-order valence-corrected chi connectivity index (χ1v) is 5.67. The first kappa shape index (κ1) is 12.9. The van der Waals surface area contributed by atoms with E-state index in [0.29, 0.717) is 17.1 Å². The van der Waals surface area contributed by atoms with E-state index in [1.54, 1.807) is 56.5 Å². The van der Waals surface area contributed by atoms with Crippen LogP contribution in [0.1, 0.15) is 5.56 Å². The van der Waals surface area contributed by atoms with Crippen LogP contribution in [0.2, 0.25) is 0 Å². The first-order chi connectivity index (χ1) is 9.11. The van der Waals surface area contributed by atoms with Gasteiger partial charge in [-0.3, -0.25) is 10.1 Å². The zero-order chi connectivity index (χ0) is 13.8. The van der Waals surface area contributed by atoms with E-state index in [2.05, 4.69) is 0 Å². The van der Waals surface area contributed by atoms with E-state index in [1.165, 1.54) is 0 Å². The predicted molar refractivity (Wildman–Crippen MR) is 70.9 cm³/mol. The number of rotatable bonds is 4. The summed E-state index contributed by atoms with van der Waals surface area (Å²) < 4.78 is 10.7. The summed E-state index contributed by atoms with van der Waals surface area (Å²) in [7, 11) is 1.55. The molecule has 0 aromatic heterocycles. The fourth-order valence-electron chi connectivity index (χ4n) is 1.74. The fraction of sp³-hybridized carbons (Fsp3) is 0.143. The van der Waals surface area contributed by atoms with Crippen molar-refractivity contribution in [3.63, 3.8) is 0 Å². The SMILES string of the molecule is COc1cccc(Oc2cccc(C)c2[N+](=O)[O-])c1. The largest absolute Gasteiger partial charge is 0.497 e. The van der Waals surface area contributed by atoms with Gasteiger partial charge in [0, 0.05) is 11.6 Å². The summed E-state index contributed by atoms with van der Waals surface area (Å²) >= 11 is 0. The highest BCUT2D eigenvalue weighted by Gasteiger charge is 2.18. The number of nitrogens with zero attached hydrogens (tertiary/aromatic N) is 1. The van der Waals surface area contributed by atoms with Crippen molar-refractivity contribution >= 4 is 5.69 Å². The molecule has 0 aliphatic rings. The van der Waals surface area contributed by atoms with Crippen molar-refractivity contribution in [1.29, 1.82) is 0 Å². The van der Waals surface area contributed by atoms with Crippen LogP contribution in [0.15, 0.2) is 42.5 Å². The van der Waals surface area contributed by atoms with Crippen LogP contribution in [0.5, 0.6) is 17.2 Å². The van der Waals surface area contributed by atoms with Crippen molar-refractivity contribution in [2.24, 2.45) is 0 Å².